The van der Waals surface area contributed by atoms with Crippen molar-refractivity contribution in [3.63, 3.8) is 0 Å². The van der Waals surface area contributed by atoms with E-state index in [0.717, 1.165) is 12.0 Å². The van der Waals surface area contributed by atoms with Gasteiger partial charge in [0.1, 0.15) is 5.69 Å². The van der Waals surface area contributed by atoms with Crippen molar-refractivity contribution in [1.29, 1.82) is 0 Å². The first-order chi connectivity index (χ1) is 7.77. The molecule has 0 unspecified atom stereocenters. The molecule has 0 amide bonds. The number of benzene rings is 1. The van der Waals surface area contributed by atoms with Crippen LogP contribution in [0.5, 0.6) is 0 Å². The lowest BCUT2D eigenvalue weighted by Crippen LogP contribution is -2.06. The highest BCUT2D eigenvalue weighted by atomic mass is 16.5. The van der Waals surface area contributed by atoms with Crippen molar-refractivity contribution < 1.29 is 14.4 Å². The van der Waals surface area contributed by atoms with E-state index < -0.39 is 5.97 Å². The lowest BCUT2D eigenvalue weighted by atomic mass is 9.89. The normalized spacial score (nSPS) is 13.0. The van der Waals surface area contributed by atoms with E-state index >= 15 is 0 Å². The Hall–Kier alpha value is -2.10. The summed E-state index contributed by atoms with van der Waals surface area (Å²) in [6.07, 6.45) is 1.52. The fourth-order valence-corrected chi connectivity index (χ4v) is 2.15. The Morgan fingerprint density at radius 3 is 2.94 bits per heavy atom. The summed E-state index contributed by atoms with van der Waals surface area (Å²) in [6, 6.07) is 7.87. The summed E-state index contributed by atoms with van der Waals surface area (Å²) in [5.41, 5.74) is 3.57. The molecule has 4 nitrogen and oxygen atoms in total. The van der Waals surface area contributed by atoms with Crippen molar-refractivity contribution in [2.24, 2.45) is 0 Å². The van der Waals surface area contributed by atoms with Gasteiger partial charge in [-0.15, -0.1) is 0 Å². The average Bonchev–Trinajstić information content (AvgIpc) is 2.73. The molecule has 2 aromatic rings. The third-order valence-electron chi connectivity index (χ3n) is 2.90. The van der Waals surface area contributed by atoms with Gasteiger partial charge in [-0.3, -0.25) is 0 Å². The maximum atomic E-state index is 10.9. The largest absolute Gasteiger partial charge is 0.475 e. The molecular weight excluding hydrogens is 206 g/mol. The maximum Gasteiger partial charge on any atom is 0.375 e. The number of aromatic carboxylic acids is 1. The highest BCUT2D eigenvalue weighted by molar-refractivity contribution is 5.89. The zero-order valence-corrected chi connectivity index (χ0v) is 8.43. The first-order valence-corrected chi connectivity index (χ1v) is 5.07. The van der Waals surface area contributed by atoms with Gasteiger partial charge in [0, 0.05) is 11.1 Å². The van der Waals surface area contributed by atoms with Crippen LogP contribution in [0.2, 0.25) is 0 Å². The number of hydrogen-bond donors (Lipinski definition) is 1. The molecule has 0 bridgehead atoms. The third kappa shape index (κ3) is 1.16. The highest BCUT2D eigenvalue weighted by Crippen LogP contribution is 2.34. The zero-order chi connectivity index (χ0) is 11.1. The fourth-order valence-electron chi connectivity index (χ4n) is 2.15. The second-order valence-electron chi connectivity index (χ2n) is 3.80. The van der Waals surface area contributed by atoms with Crippen LogP contribution in [0.3, 0.4) is 0 Å². The van der Waals surface area contributed by atoms with E-state index in [-0.39, 0.29) is 5.76 Å². The third-order valence-corrected chi connectivity index (χ3v) is 2.90. The average molecular weight is 215 g/mol. The molecule has 1 aromatic heterocycles. The van der Waals surface area contributed by atoms with Crippen LogP contribution < -0.4 is 0 Å². The van der Waals surface area contributed by atoms with Crippen LogP contribution in [0.1, 0.15) is 21.7 Å². The van der Waals surface area contributed by atoms with Gasteiger partial charge in [0.05, 0.1) is 0 Å². The Morgan fingerprint density at radius 2 is 2.12 bits per heavy atom. The summed E-state index contributed by atoms with van der Waals surface area (Å²) in [5.74, 6) is -1.07. The van der Waals surface area contributed by atoms with Gasteiger partial charge < -0.3 is 9.63 Å². The Kier molecular flexibility index (Phi) is 1.83. The smallest absolute Gasteiger partial charge is 0.375 e. The van der Waals surface area contributed by atoms with E-state index in [2.05, 4.69) is 5.16 Å². The second kappa shape index (κ2) is 3.20. The Labute approximate surface area is 91.5 Å². The van der Waals surface area contributed by atoms with E-state index in [1.807, 2.05) is 24.3 Å². The van der Waals surface area contributed by atoms with Gasteiger partial charge in [-0.2, -0.15) is 0 Å². The van der Waals surface area contributed by atoms with Crippen LogP contribution in [-0.4, -0.2) is 16.2 Å². The monoisotopic (exact) mass is 215 g/mol. The highest BCUT2D eigenvalue weighted by Gasteiger charge is 2.26. The first-order valence-electron chi connectivity index (χ1n) is 5.07. The molecule has 1 aliphatic carbocycles. The van der Waals surface area contributed by atoms with Crippen molar-refractivity contribution in [3.8, 4) is 11.3 Å². The van der Waals surface area contributed by atoms with E-state index in [9.17, 15) is 4.79 Å². The van der Waals surface area contributed by atoms with Crippen molar-refractivity contribution >= 4 is 5.97 Å². The Balaban J connectivity index is 2.23. The minimum atomic E-state index is -1.05. The van der Waals surface area contributed by atoms with Gasteiger partial charge in [0.25, 0.3) is 0 Å². The Morgan fingerprint density at radius 1 is 1.31 bits per heavy atom. The molecule has 4 heteroatoms. The molecule has 0 atom stereocenters. The number of aryl methyl sites for hydroxylation is 1. The van der Waals surface area contributed by atoms with Gasteiger partial charge in [-0.05, 0) is 18.4 Å². The molecular formula is C12H9NO3. The van der Waals surface area contributed by atoms with Crippen molar-refractivity contribution in [2.75, 3.05) is 0 Å². The molecule has 16 heavy (non-hydrogen) atoms. The topological polar surface area (TPSA) is 63.3 Å². The number of nitrogens with zero attached hydrogens (tertiary/aromatic N) is 1. The Bertz CT molecular complexity index is 571. The zero-order valence-electron chi connectivity index (χ0n) is 8.43. The number of rotatable bonds is 1. The molecule has 0 aliphatic heterocycles. The summed E-state index contributed by atoms with van der Waals surface area (Å²) in [7, 11) is 0. The molecule has 0 spiro atoms. The summed E-state index contributed by atoms with van der Waals surface area (Å²) in [4.78, 5) is 10.9. The van der Waals surface area contributed by atoms with Gasteiger partial charge >= 0.3 is 5.97 Å². The molecule has 80 valence electrons. The lowest BCUT2D eigenvalue weighted by molar-refractivity contribution is 0.0650. The predicted molar refractivity (Wildman–Crippen MR) is 56.3 cm³/mol. The number of aromatic nitrogens is 1. The fraction of sp³-hybridized carbons (Fsp3) is 0.167. The number of carboxylic acids is 1. The molecule has 3 rings (SSSR count). The maximum absolute atomic E-state index is 10.9. The molecule has 0 fully saturated rings. The second-order valence-corrected chi connectivity index (χ2v) is 3.80. The van der Waals surface area contributed by atoms with E-state index in [1.54, 1.807) is 0 Å². The first kappa shape index (κ1) is 9.15. The number of carboxylic acid groups (broad SMARTS) is 1. The lowest BCUT2D eigenvalue weighted by Gasteiger charge is -2.13. The van der Waals surface area contributed by atoms with Crippen LogP contribution in [0.4, 0.5) is 0 Å². The van der Waals surface area contributed by atoms with Crippen molar-refractivity contribution in [1.82, 2.24) is 5.16 Å². The SMILES string of the molecule is O=C(O)c1onc2c1CCc1ccccc1-2. The minimum Gasteiger partial charge on any atom is -0.475 e. The summed E-state index contributed by atoms with van der Waals surface area (Å²) in [6.45, 7) is 0. The van der Waals surface area contributed by atoms with Crippen LogP contribution in [-0.2, 0) is 12.8 Å². The van der Waals surface area contributed by atoms with Crippen molar-refractivity contribution in [2.45, 2.75) is 12.8 Å². The molecule has 0 radical (unpaired) electrons. The van der Waals surface area contributed by atoms with E-state index in [1.165, 1.54) is 5.56 Å². The van der Waals surface area contributed by atoms with Gasteiger partial charge in [-0.1, -0.05) is 29.4 Å². The summed E-state index contributed by atoms with van der Waals surface area (Å²) in [5, 5.41) is 12.8. The van der Waals surface area contributed by atoms with E-state index in [0.29, 0.717) is 17.7 Å². The van der Waals surface area contributed by atoms with Crippen LogP contribution >= 0.6 is 0 Å². The van der Waals surface area contributed by atoms with Crippen LogP contribution in [0, 0.1) is 0 Å². The molecule has 1 aromatic carbocycles. The van der Waals surface area contributed by atoms with E-state index in [4.69, 9.17) is 9.63 Å². The van der Waals surface area contributed by atoms with Crippen LogP contribution in [0.15, 0.2) is 28.8 Å². The van der Waals surface area contributed by atoms with Crippen molar-refractivity contribution in [3.05, 3.63) is 41.2 Å². The summed E-state index contributed by atoms with van der Waals surface area (Å²) < 4.78 is 4.89. The predicted octanol–water partition coefficient (Wildman–Crippen LogP) is 2.14. The summed E-state index contributed by atoms with van der Waals surface area (Å²) >= 11 is 0. The molecule has 0 saturated carbocycles. The molecule has 1 heterocycles. The van der Waals surface area contributed by atoms with Crippen LogP contribution in [0.25, 0.3) is 11.3 Å². The molecule has 1 aliphatic rings. The number of hydrogen-bond acceptors (Lipinski definition) is 3. The molecule has 1 N–H and O–H groups in total. The quantitative estimate of drug-likeness (QED) is 0.791. The van der Waals surface area contributed by atoms with Gasteiger partial charge in [-0.25, -0.2) is 4.79 Å². The number of fused-ring (bicyclic) bond motifs is 3. The van der Waals surface area contributed by atoms with Gasteiger partial charge in [0.15, 0.2) is 0 Å². The minimum absolute atomic E-state index is 0.0236. The van der Waals surface area contributed by atoms with Gasteiger partial charge in [0.2, 0.25) is 5.76 Å². The number of carbonyl (C=O) groups is 1. The molecule has 0 saturated heterocycles. The standard InChI is InChI=1S/C12H9NO3/c14-12(15)11-9-6-5-7-3-1-2-4-8(7)10(9)13-16-11/h1-4H,5-6H2,(H,14,15).